The van der Waals surface area contributed by atoms with Crippen LogP contribution in [0, 0.1) is 12.7 Å². The number of halogens is 1. The highest BCUT2D eigenvalue weighted by atomic mass is 19.1. The van der Waals surface area contributed by atoms with E-state index in [0.717, 1.165) is 38.0 Å². The molecule has 0 atom stereocenters. The monoisotopic (exact) mass is 307 g/mol. The Morgan fingerprint density at radius 2 is 1.82 bits per heavy atom. The molecule has 1 heterocycles. The van der Waals surface area contributed by atoms with Crippen molar-refractivity contribution in [3.8, 4) is 0 Å². The van der Waals surface area contributed by atoms with Gasteiger partial charge in [-0.3, -0.25) is 4.90 Å². The largest absolute Gasteiger partial charge is 0.445 e. The summed E-state index contributed by atoms with van der Waals surface area (Å²) in [6, 6.07) is 5.99. The fraction of sp³-hybridized carbons (Fsp3) is 0.529. The van der Waals surface area contributed by atoms with Gasteiger partial charge in [-0.1, -0.05) is 31.9 Å². The van der Waals surface area contributed by atoms with Crippen LogP contribution >= 0.6 is 0 Å². The first-order valence-electron chi connectivity index (χ1n) is 7.87. The van der Waals surface area contributed by atoms with Gasteiger partial charge in [0.1, 0.15) is 12.4 Å². The van der Waals surface area contributed by atoms with Crippen LogP contribution < -0.4 is 0 Å². The molecule has 5 heteroatoms. The van der Waals surface area contributed by atoms with Crippen LogP contribution in [-0.4, -0.2) is 48.6 Å². The molecule has 1 aliphatic rings. The van der Waals surface area contributed by atoms with Crippen molar-refractivity contribution in [1.29, 1.82) is 0 Å². The van der Waals surface area contributed by atoms with Crippen LogP contribution in [0.3, 0.4) is 0 Å². The third kappa shape index (κ3) is 5.30. The normalized spacial score (nSPS) is 15.8. The van der Waals surface area contributed by atoms with E-state index in [2.05, 4.69) is 11.8 Å². The lowest BCUT2D eigenvalue weighted by atomic mass is 10.2. The Hall–Kier alpha value is -1.62. The van der Waals surface area contributed by atoms with Gasteiger partial charge >= 0.3 is 6.09 Å². The van der Waals surface area contributed by atoms with Gasteiger partial charge < -0.3 is 9.64 Å². The molecule has 2 rings (SSSR count). The summed E-state index contributed by atoms with van der Waals surface area (Å²) in [6.07, 6.45) is 3.01. The molecule has 121 valence electrons. The average molecular weight is 307 g/mol. The molecule has 4 nitrogen and oxygen atoms in total. The van der Waals surface area contributed by atoms with E-state index in [9.17, 15) is 9.18 Å². The van der Waals surface area contributed by atoms with Crippen molar-refractivity contribution in [2.45, 2.75) is 25.9 Å². The minimum absolute atomic E-state index is 0.183. The SMILES string of the molecule is [CH2]CCCCN1CCN(C(=O)OCc2ccc(F)cc2)CC1. The van der Waals surface area contributed by atoms with E-state index in [-0.39, 0.29) is 18.5 Å². The summed E-state index contributed by atoms with van der Waals surface area (Å²) in [7, 11) is 0. The number of nitrogens with zero attached hydrogens (tertiary/aromatic N) is 2. The van der Waals surface area contributed by atoms with E-state index < -0.39 is 0 Å². The molecule has 1 aliphatic heterocycles. The number of hydrogen-bond donors (Lipinski definition) is 0. The lowest BCUT2D eigenvalue weighted by Gasteiger charge is -2.34. The summed E-state index contributed by atoms with van der Waals surface area (Å²) < 4.78 is 18.1. The predicted octanol–water partition coefficient (Wildman–Crippen LogP) is 3.08. The number of unbranched alkanes of at least 4 members (excludes halogenated alkanes) is 2. The van der Waals surface area contributed by atoms with Crippen LogP contribution in [0.25, 0.3) is 0 Å². The summed E-state index contributed by atoms with van der Waals surface area (Å²) in [5, 5.41) is 0. The molecule has 0 N–H and O–H groups in total. The van der Waals surface area contributed by atoms with E-state index in [1.165, 1.54) is 18.6 Å². The maximum atomic E-state index is 12.8. The molecule has 0 saturated carbocycles. The second-order valence-corrected chi connectivity index (χ2v) is 5.57. The van der Waals surface area contributed by atoms with Crippen molar-refractivity contribution in [2.24, 2.45) is 0 Å². The number of carbonyl (C=O) groups is 1. The lowest BCUT2D eigenvalue weighted by Crippen LogP contribution is -2.48. The average Bonchev–Trinajstić information content (AvgIpc) is 2.55. The maximum absolute atomic E-state index is 12.8. The van der Waals surface area contributed by atoms with E-state index in [4.69, 9.17) is 4.74 Å². The molecule has 0 spiro atoms. The maximum Gasteiger partial charge on any atom is 0.410 e. The van der Waals surface area contributed by atoms with Gasteiger partial charge in [0, 0.05) is 26.2 Å². The second-order valence-electron chi connectivity index (χ2n) is 5.57. The van der Waals surface area contributed by atoms with Crippen molar-refractivity contribution in [2.75, 3.05) is 32.7 Å². The zero-order valence-corrected chi connectivity index (χ0v) is 13.0. The molecule has 1 saturated heterocycles. The molecule has 0 unspecified atom stereocenters. The molecule has 1 aromatic carbocycles. The third-order valence-corrected chi connectivity index (χ3v) is 3.88. The molecular formula is C17H24FN2O2. The fourth-order valence-electron chi connectivity index (χ4n) is 2.48. The first-order chi connectivity index (χ1) is 10.7. The molecule has 0 aliphatic carbocycles. The number of piperazine rings is 1. The first kappa shape index (κ1) is 16.7. The van der Waals surface area contributed by atoms with Crippen molar-refractivity contribution in [1.82, 2.24) is 9.80 Å². The van der Waals surface area contributed by atoms with Crippen LogP contribution in [0.1, 0.15) is 24.8 Å². The molecule has 0 bridgehead atoms. The van der Waals surface area contributed by atoms with Gasteiger partial charge in [0.25, 0.3) is 0 Å². The van der Waals surface area contributed by atoms with Crippen LogP contribution in [0.4, 0.5) is 9.18 Å². The van der Waals surface area contributed by atoms with Gasteiger partial charge in [-0.2, -0.15) is 0 Å². The summed E-state index contributed by atoms with van der Waals surface area (Å²) in [5.41, 5.74) is 0.793. The van der Waals surface area contributed by atoms with Crippen molar-refractivity contribution >= 4 is 6.09 Å². The van der Waals surface area contributed by atoms with Crippen LogP contribution in [0.15, 0.2) is 24.3 Å². The number of carbonyl (C=O) groups excluding carboxylic acids is 1. The molecular weight excluding hydrogens is 283 g/mol. The highest BCUT2D eigenvalue weighted by molar-refractivity contribution is 5.67. The molecule has 1 fully saturated rings. The zero-order chi connectivity index (χ0) is 15.8. The van der Waals surface area contributed by atoms with Gasteiger partial charge in [-0.05, 0) is 30.7 Å². The summed E-state index contributed by atoms with van der Waals surface area (Å²) >= 11 is 0. The Bertz CT molecular complexity index is 456. The minimum Gasteiger partial charge on any atom is -0.445 e. The summed E-state index contributed by atoms with van der Waals surface area (Å²) in [6.45, 7) is 8.29. The first-order valence-corrected chi connectivity index (χ1v) is 7.87. The number of rotatable bonds is 6. The fourth-order valence-corrected chi connectivity index (χ4v) is 2.48. The van der Waals surface area contributed by atoms with Crippen molar-refractivity contribution < 1.29 is 13.9 Å². The minimum atomic E-state index is -0.290. The van der Waals surface area contributed by atoms with Crippen LogP contribution in [0.2, 0.25) is 0 Å². The van der Waals surface area contributed by atoms with E-state index >= 15 is 0 Å². The molecule has 1 amide bonds. The molecule has 22 heavy (non-hydrogen) atoms. The Balaban J connectivity index is 1.67. The Morgan fingerprint density at radius 1 is 1.14 bits per heavy atom. The molecule has 0 aromatic heterocycles. The second kappa shape index (κ2) is 8.73. The lowest BCUT2D eigenvalue weighted by molar-refractivity contribution is 0.0713. The topological polar surface area (TPSA) is 32.8 Å². The Labute approximate surface area is 131 Å². The number of amides is 1. The van der Waals surface area contributed by atoms with Gasteiger partial charge in [-0.15, -0.1) is 0 Å². The predicted molar refractivity (Wildman–Crippen MR) is 83.8 cm³/mol. The van der Waals surface area contributed by atoms with Crippen LogP contribution in [0.5, 0.6) is 0 Å². The Kier molecular flexibility index (Phi) is 6.65. The zero-order valence-electron chi connectivity index (χ0n) is 13.0. The van der Waals surface area contributed by atoms with E-state index in [0.29, 0.717) is 13.1 Å². The van der Waals surface area contributed by atoms with Gasteiger partial charge in [0.2, 0.25) is 0 Å². The molecule has 1 radical (unpaired) electrons. The number of ether oxygens (including phenoxy) is 1. The van der Waals surface area contributed by atoms with Crippen LogP contribution in [-0.2, 0) is 11.3 Å². The smallest absolute Gasteiger partial charge is 0.410 e. The van der Waals surface area contributed by atoms with E-state index in [1.807, 2.05) is 0 Å². The highest BCUT2D eigenvalue weighted by Crippen LogP contribution is 2.09. The van der Waals surface area contributed by atoms with Gasteiger partial charge in [0.05, 0.1) is 0 Å². The number of hydrogen-bond acceptors (Lipinski definition) is 3. The number of benzene rings is 1. The van der Waals surface area contributed by atoms with Gasteiger partial charge in [0.15, 0.2) is 0 Å². The van der Waals surface area contributed by atoms with Crippen molar-refractivity contribution in [3.05, 3.63) is 42.6 Å². The quantitative estimate of drug-likeness (QED) is 0.757. The summed E-state index contributed by atoms with van der Waals surface area (Å²) in [5.74, 6) is -0.287. The van der Waals surface area contributed by atoms with E-state index in [1.54, 1.807) is 17.0 Å². The van der Waals surface area contributed by atoms with Crippen molar-refractivity contribution in [3.63, 3.8) is 0 Å². The third-order valence-electron chi connectivity index (χ3n) is 3.88. The molecule has 1 aromatic rings. The Morgan fingerprint density at radius 3 is 2.45 bits per heavy atom. The van der Waals surface area contributed by atoms with Gasteiger partial charge in [-0.25, -0.2) is 9.18 Å². The standard InChI is InChI=1S/C17H24FN2O2/c1-2-3-4-9-19-10-12-20(13-11-19)17(21)22-14-15-5-7-16(18)8-6-15/h5-8H,1-4,9-14H2. The highest BCUT2D eigenvalue weighted by Gasteiger charge is 2.21. The summed E-state index contributed by atoms with van der Waals surface area (Å²) in [4.78, 5) is 16.1.